The maximum atomic E-state index is 13.7. The van der Waals surface area contributed by atoms with Crippen LogP contribution in [0.3, 0.4) is 0 Å². The van der Waals surface area contributed by atoms with Crippen LogP contribution < -0.4 is 4.74 Å². The highest BCUT2D eigenvalue weighted by Crippen LogP contribution is 2.26. The quantitative estimate of drug-likeness (QED) is 0.229. The molecule has 7 heteroatoms. The summed E-state index contributed by atoms with van der Waals surface area (Å²) >= 11 is 8.35. The van der Waals surface area contributed by atoms with Crippen molar-refractivity contribution in [1.82, 2.24) is 0 Å². The first-order chi connectivity index (χ1) is 14.5. The van der Waals surface area contributed by atoms with Gasteiger partial charge >= 0.3 is 5.97 Å². The van der Waals surface area contributed by atoms with E-state index >= 15 is 0 Å². The minimum absolute atomic E-state index is 0.129. The van der Waals surface area contributed by atoms with E-state index in [1.165, 1.54) is 6.07 Å². The molecule has 1 aliphatic rings. The molecule has 0 radical (unpaired) electrons. The van der Waals surface area contributed by atoms with Gasteiger partial charge in [0.15, 0.2) is 5.70 Å². The second-order valence-electron chi connectivity index (χ2n) is 6.41. The lowest BCUT2D eigenvalue weighted by Crippen LogP contribution is -2.06. The van der Waals surface area contributed by atoms with Crippen molar-refractivity contribution in [3.8, 4) is 5.75 Å². The predicted octanol–water partition coefficient (Wildman–Crippen LogP) is 6.01. The highest BCUT2D eigenvalue weighted by atomic mass is 127. The lowest BCUT2D eigenvalue weighted by molar-refractivity contribution is -0.129. The molecule has 150 valence electrons. The summed E-state index contributed by atoms with van der Waals surface area (Å²) in [5, 5.41) is 0.458. The molecule has 1 aliphatic heterocycles. The molecule has 0 N–H and O–H groups in total. The summed E-state index contributed by atoms with van der Waals surface area (Å²) in [6.45, 7) is 0.129. The number of rotatable bonds is 5. The molecule has 0 bridgehead atoms. The van der Waals surface area contributed by atoms with E-state index < -0.39 is 5.97 Å². The number of ether oxygens (including phenoxy) is 2. The Balaban J connectivity index is 1.49. The highest BCUT2D eigenvalue weighted by Gasteiger charge is 2.25. The molecule has 3 aromatic rings. The molecule has 0 amide bonds. The Kier molecular flexibility index (Phi) is 6.15. The Morgan fingerprint density at radius 2 is 1.87 bits per heavy atom. The predicted molar refractivity (Wildman–Crippen MR) is 122 cm³/mol. The van der Waals surface area contributed by atoms with Crippen LogP contribution in [0.25, 0.3) is 6.08 Å². The average molecular weight is 534 g/mol. The van der Waals surface area contributed by atoms with E-state index in [1.807, 2.05) is 6.07 Å². The SMILES string of the molecule is O=C1OC(c2cc(I)ccc2Cl)=N/C1=C\c1ccc(OCc2ccccc2F)cc1. The molecular formula is C23H14ClFINO3. The standard InChI is InChI=1S/C23H14ClFINO3/c24-19-10-7-16(26)12-18(19)22-27-21(23(28)30-22)11-14-5-8-17(9-6-14)29-13-15-3-1-2-4-20(15)25/h1-12H,13H2/b21-11-. The van der Waals surface area contributed by atoms with Gasteiger partial charge in [-0.05, 0) is 70.6 Å². The van der Waals surface area contributed by atoms with Crippen LogP contribution in [0.15, 0.2) is 77.4 Å². The number of nitrogens with zero attached hydrogens (tertiary/aromatic N) is 1. The molecule has 4 nitrogen and oxygen atoms in total. The highest BCUT2D eigenvalue weighted by molar-refractivity contribution is 14.1. The number of carbonyl (C=O) groups is 1. The summed E-state index contributed by atoms with van der Waals surface area (Å²) in [4.78, 5) is 16.5. The van der Waals surface area contributed by atoms with Crippen LogP contribution >= 0.6 is 34.2 Å². The van der Waals surface area contributed by atoms with E-state index in [4.69, 9.17) is 21.1 Å². The van der Waals surface area contributed by atoms with Crippen LogP contribution in [0, 0.1) is 9.39 Å². The fourth-order valence-corrected chi connectivity index (χ4v) is 3.47. The van der Waals surface area contributed by atoms with Crippen molar-refractivity contribution in [2.45, 2.75) is 6.61 Å². The zero-order valence-corrected chi connectivity index (χ0v) is 18.4. The van der Waals surface area contributed by atoms with E-state index in [9.17, 15) is 9.18 Å². The fraction of sp³-hybridized carbons (Fsp3) is 0.0435. The van der Waals surface area contributed by atoms with Gasteiger partial charge in [0.2, 0.25) is 5.90 Å². The first-order valence-electron chi connectivity index (χ1n) is 8.94. The van der Waals surface area contributed by atoms with Crippen molar-refractivity contribution in [2.75, 3.05) is 0 Å². The summed E-state index contributed by atoms with van der Waals surface area (Å²) in [5.41, 5.74) is 1.98. The van der Waals surface area contributed by atoms with Crippen LogP contribution in [-0.4, -0.2) is 11.9 Å². The number of benzene rings is 3. The van der Waals surface area contributed by atoms with E-state index in [2.05, 4.69) is 27.6 Å². The molecule has 1 heterocycles. The van der Waals surface area contributed by atoms with Gasteiger partial charge in [-0.1, -0.05) is 41.9 Å². The van der Waals surface area contributed by atoms with Gasteiger partial charge in [0.25, 0.3) is 0 Å². The third-order valence-electron chi connectivity index (χ3n) is 4.31. The summed E-state index contributed by atoms with van der Waals surface area (Å²) in [6.07, 6.45) is 1.62. The number of cyclic esters (lactones) is 1. The van der Waals surface area contributed by atoms with Crippen molar-refractivity contribution in [1.29, 1.82) is 0 Å². The molecule has 0 saturated heterocycles. The number of hydrogen-bond acceptors (Lipinski definition) is 4. The van der Waals surface area contributed by atoms with E-state index in [0.29, 0.717) is 21.9 Å². The lowest BCUT2D eigenvalue weighted by Gasteiger charge is -2.07. The number of hydrogen-bond donors (Lipinski definition) is 0. The molecule has 0 atom stereocenters. The minimum Gasteiger partial charge on any atom is -0.489 e. The van der Waals surface area contributed by atoms with Gasteiger partial charge in [-0.25, -0.2) is 14.2 Å². The molecule has 0 saturated carbocycles. The Bertz CT molecular complexity index is 1180. The minimum atomic E-state index is -0.542. The molecule has 0 spiro atoms. The normalized spacial score (nSPS) is 14.6. The summed E-state index contributed by atoms with van der Waals surface area (Å²) in [7, 11) is 0. The Morgan fingerprint density at radius 3 is 2.63 bits per heavy atom. The second kappa shape index (κ2) is 8.97. The number of esters is 1. The summed E-state index contributed by atoms with van der Waals surface area (Å²) in [5.74, 6) is -0.0795. The Labute approximate surface area is 191 Å². The third kappa shape index (κ3) is 4.71. The van der Waals surface area contributed by atoms with Crippen LogP contribution in [0.2, 0.25) is 5.02 Å². The zero-order chi connectivity index (χ0) is 21.1. The maximum Gasteiger partial charge on any atom is 0.363 e. The Hall–Kier alpha value is -2.71. The molecule has 0 fully saturated rings. The zero-order valence-electron chi connectivity index (χ0n) is 15.4. The molecule has 30 heavy (non-hydrogen) atoms. The van der Waals surface area contributed by atoms with Gasteiger partial charge in [0.1, 0.15) is 18.2 Å². The number of aliphatic imine (C=N–C) groups is 1. The van der Waals surface area contributed by atoms with Crippen LogP contribution in [0.5, 0.6) is 5.75 Å². The van der Waals surface area contributed by atoms with Crippen molar-refractivity contribution in [3.05, 3.63) is 104 Å². The topological polar surface area (TPSA) is 47.9 Å². The van der Waals surface area contributed by atoms with E-state index in [0.717, 1.165) is 9.13 Å². The fourth-order valence-electron chi connectivity index (χ4n) is 2.78. The molecule has 4 rings (SSSR count). The van der Waals surface area contributed by atoms with Gasteiger partial charge in [-0.2, -0.15) is 0 Å². The average Bonchev–Trinajstić information content (AvgIpc) is 3.10. The lowest BCUT2D eigenvalue weighted by atomic mass is 10.2. The smallest absolute Gasteiger partial charge is 0.363 e. The van der Waals surface area contributed by atoms with Crippen molar-refractivity contribution >= 4 is 52.1 Å². The summed E-state index contributed by atoms with van der Waals surface area (Å²) in [6, 6.07) is 18.9. The Morgan fingerprint density at radius 1 is 1.10 bits per heavy atom. The monoisotopic (exact) mass is 533 g/mol. The molecule has 0 aliphatic carbocycles. The van der Waals surface area contributed by atoms with Gasteiger partial charge in [-0.3, -0.25) is 0 Å². The summed E-state index contributed by atoms with van der Waals surface area (Å²) < 4.78 is 25.5. The van der Waals surface area contributed by atoms with Crippen LogP contribution in [0.1, 0.15) is 16.7 Å². The van der Waals surface area contributed by atoms with Crippen molar-refractivity contribution in [2.24, 2.45) is 4.99 Å². The van der Waals surface area contributed by atoms with Gasteiger partial charge < -0.3 is 9.47 Å². The van der Waals surface area contributed by atoms with Gasteiger partial charge in [0, 0.05) is 9.13 Å². The first kappa shape index (κ1) is 20.6. The van der Waals surface area contributed by atoms with Crippen LogP contribution in [0.4, 0.5) is 4.39 Å². The molecule has 0 aromatic heterocycles. The van der Waals surface area contributed by atoms with Crippen LogP contribution in [-0.2, 0) is 16.1 Å². The van der Waals surface area contributed by atoms with Crippen molar-refractivity contribution < 1.29 is 18.7 Å². The molecular weight excluding hydrogens is 520 g/mol. The molecule has 3 aromatic carbocycles. The van der Waals surface area contributed by atoms with Gasteiger partial charge in [0.05, 0.1) is 10.6 Å². The number of halogens is 3. The first-order valence-corrected chi connectivity index (χ1v) is 10.4. The number of carbonyl (C=O) groups excluding carboxylic acids is 1. The second-order valence-corrected chi connectivity index (χ2v) is 8.06. The van der Waals surface area contributed by atoms with E-state index in [-0.39, 0.29) is 24.0 Å². The maximum absolute atomic E-state index is 13.7. The van der Waals surface area contributed by atoms with Gasteiger partial charge in [-0.15, -0.1) is 0 Å². The third-order valence-corrected chi connectivity index (χ3v) is 5.32. The largest absolute Gasteiger partial charge is 0.489 e. The van der Waals surface area contributed by atoms with E-state index in [1.54, 1.807) is 60.7 Å². The molecule has 0 unspecified atom stereocenters. The van der Waals surface area contributed by atoms with Crippen molar-refractivity contribution in [3.63, 3.8) is 0 Å².